The van der Waals surface area contributed by atoms with E-state index >= 15 is 0 Å². The van der Waals surface area contributed by atoms with E-state index in [2.05, 4.69) is 26.2 Å². The molecule has 246 valence electrons. The molecule has 0 radical (unpaired) electrons. The average molecular weight is 636 g/mol. The molecule has 5 rings (SSSR count). The summed E-state index contributed by atoms with van der Waals surface area (Å²) in [5.74, 6) is -1.02. The first-order valence-corrected chi connectivity index (χ1v) is 15.5. The van der Waals surface area contributed by atoms with Gasteiger partial charge in [0.1, 0.15) is 11.8 Å². The van der Waals surface area contributed by atoms with E-state index in [0.29, 0.717) is 53.6 Å². The maximum Gasteiger partial charge on any atom is 0.255 e. The first-order chi connectivity index (χ1) is 22.2. The molecule has 2 aromatic carbocycles. The molecule has 0 aromatic heterocycles. The van der Waals surface area contributed by atoms with Gasteiger partial charge in [0.05, 0.1) is 32.6 Å². The topological polar surface area (TPSA) is 184 Å². The van der Waals surface area contributed by atoms with E-state index in [9.17, 15) is 24.0 Å². The molecule has 2 saturated heterocycles. The highest BCUT2D eigenvalue weighted by Gasteiger charge is 2.40. The smallest absolute Gasteiger partial charge is 0.255 e. The van der Waals surface area contributed by atoms with Crippen molar-refractivity contribution in [3.63, 3.8) is 0 Å². The molecular formula is C32H41N7O7. The first-order valence-electron chi connectivity index (χ1n) is 15.5. The maximum atomic E-state index is 13.0. The molecule has 14 heteroatoms. The number of piperidine rings is 2. The Hall–Kier alpha value is -4.53. The number of fused-ring (bicyclic) bond motifs is 1. The van der Waals surface area contributed by atoms with Gasteiger partial charge in [-0.15, -0.1) is 0 Å². The number of carbonyl (C=O) groups is 5. The third-order valence-corrected chi connectivity index (χ3v) is 8.54. The number of nitrogen functional groups attached to an aromatic ring is 1. The molecule has 1 unspecified atom stereocenters. The van der Waals surface area contributed by atoms with E-state index in [-0.39, 0.29) is 55.6 Å². The molecule has 2 aromatic rings. The minimum atomic E-state index is -0.714. The molecule has 5 amide bonds. The third-order valence-electron chi connectivity index (χ3n) is 8.54. The number of methoxy groups -OCH3 is 1. The number of nitrogens with zero attached hydrogens (tertiary/aromatic N) is 2. The molecular weight excluding hydrogens is 594 g/mol. The van der Waals surface area contributed by atoms with Gasteiger partial charge in [-0.3, -0.25) is 29.3 Å². The summed E-state index contributed by atoms with van der Waals surface area (Å²) in [6.07, 6.45) is 2.15. The molecule has 3 aliphatic rings. The van der Waals surface area contributed by atoms with Gasteiger partial charge in [0, 0.05) is 67.6 Å². The Balaban J connectivity index is 0.946. The highest BCUT2D eigenvalue weighted by molar-refractivity contribution is 6.07. The Labute approximate surface area is 267 Å². The zero-order chi connectivity index (χ0) is 32.6. The molecule has 0 aliphatic carbocycles. The zero-order valence-electron chi connectivity index (χ0n) is 25.9. The van der Waals surface area contributed by atoms with Crippen molar-refractivity contribution in [2.75, 3.05) is 64.1 Å². The number of carbonyl (C=O) groups excluding carboxylic acids is 5. The molecule has 1 atom stereocenters. The maximum absolute atomic E-state index is 13.0. The molecule has 14 nitrogen and oxygen atoms in total. The van der Waals surface area contributed by atoms with Crippen LogP contribution in [0.4, 0.5) is 11.4 Å². The van der Waals surface area contributed by atoms with Crippen LogP contribution in [0.5, 0.6) is 5.75 Å². The lowest BCUT2D eigenvalue weighted by Crippen LogP contribution is -2.52. The number of rotatable bonds is 13. The molecule has 0 bridgehead atoms. The fourth-order valence-electron chi connectivity index (χ4n) is 5.96. The third kappa shape index (κ3) is 8.00. The van der Waals surface area contributed by atoms with Crippen LogP contribution >= 0.6 is 0 Å². The van der Waals surface area contributed by atoms with Gasteiger partial charge in [0.25, 0.3) is 11.8 Å². The van der Waals surface area contributed by atoms with Gasteiger partial charge in [-0.2, -0.15) is 0 Å². The molecule has 6 N–H and O–H groups in total. The minimum Gasteiger partial charge on any atom is -0.495 e. The standard InChI is InChI=1S/C32H41N7O7/c1-45-27-17-20(5-6-24(27)33)30(42)35-21-9-12-38(13-10-21)14-16-46-15-11-34-18-29(41)36-25-4-2-3-22-23(25)19-39(32(22)44)26-7-8-28(40)37-31(26)43/h2-6,17,21,26,34H,7-16,18-19,33H2,1H3,(H,35,42)(H,36,41)(H,37,40,43). The second-order valence-corrected chi connectivity index (χ2v) is 11.6. The summed E-state index contributed by atoms with van der Waals surface area (Å²) < 4.78 is 11.0. The van der Waals surface area contributed by atoms with Crippen LogP contribution in [-0.2, 0) is 25.7 Å². The lowest BCUT2D eigenvalue weighted by molar-refractivity contribution is -0.137. The SMILES string of the molecule is COc1cc(C(=O)NC2CCN(CCOCCNCC(=O)Nc3cccc4c3CN(C3CCC(=O)NC3=O)C4=O)CC2)ccc1N. The van der Waals surface area contributed by atoms with Crippen LogP contribution in [0.2, 0.25) is 0 Å². The molecule has 3 heterocycles. The normalized spacial score (nSPS) is 18.7. The van der Waals surface area contributed by atoms with E-state index < -0.39 is 11.9 Å². The van der Waals surface area contributed by atoms with Crippen LogP contribution in [0.25, 0.3) is 0 Å². The van der Waals surface area contributed by atoms with E-state index in [4.69, 9.17) is 15.2 Å². The van der Waals surface area contributed by atoms with Crippen molar-refractivity contribution in [1.29, 1.82) is 0 Å². The van der Waals surface area contributed by atoms with Crippen molar-refractivity contribution in [2.24, 2.45) is 0 Å². The van der Waals surface area contributed by atoms with E-state index in [1.54, 1.807) is 36.4 Å². The van der Waals surface area contributed by atoms with Crippen molar-refractivity contribution in [2.45, 2.75) is 44.3 Å². The number of nitrogens with two attached hydrogens (primary N) is 1. The number of likely N-dealkylation sites (tertiary alicyclic amines) is 1. The summed E-state index contributed by atoms with van der Waals surface area (Å²) in [4.78, 5) is 65.8. The summed E-state index contributed by atoms with van der Waals surface area (Å²) in [5.41, 5.74) is 8.47. The van der Waals surface area contributed by atoms with Crippen molar-refractivity contribution in [3.05, 3.63) is 53.1 Å². The van der Waals surface area contributed by atoms with Gasteiger partial charge in [-0.05, 0) is 49.6 Å². The Morgan fingerprint density at radius 2 is 1.87 bits per heavy atom. The van der Waals surface area contributed by atoms with Gasteiger partial charge >= 0.3 is 0 Å². The lowest BCUT2D eigenvalue weighted by Gasteiger charge is -2.32. The molecule has 0 saturated carbocycles. The van der Waals surface area contributed by atoms with Crippen LogP contribution in [-0.4, -0.2) is 104 Å². The van der Waals surface area contributed by atoms with Gasteiger partial charge in [-0.25, -0.2) is 0 Å². The first kappa shape index (κ1) is 32.9. The minimum absolute atomic E-state index is 0.0697. The number of hydrogen-bond acceptors (Lipinski definition) is 10. The second kappa shape index (κ2) is 15.2. The van der Waals surface area contributed by atoms with Crippen molar-refractivity contribution in [1.82, 2.24) is 25.8 Å². The van der Waals surface area contributed by atoms with E-state index in [0.717, 1.165) is 32.5 Å². The van der Waals surface area contributed by atoms with Gasteiger partial charge in [0.15, 0.2) is 0 Å². The Bertz CT molecular complexity index is 1470. The van der Waals surface area contributed by atoms with E-state index in [1.807, 2.05) is 0 Å². The largest absolute Gasteiger partial charge is 0.495 e. The van der Waals surface area contributed by atoms with Gasteiger partial charge in [-0.1, -0.05) is 6.07 Å². The van der Waals surface area contributed by atoms with Gasteiger partial charge in [0.2, 0.25) is 17.7 Å². The van der Waals surface area contributed by atoms with Crippen LogP contribution in [0.15, 0.2) is 36.4 Å². The quantitative estimate of drug-likeness (QED) is 0.118. The lowest BCUT2D eigenvalue weighted by atomic mass is 10.0. The Morgan fingerprint density at radius 3 is 2.63 bits per heavy atom. The van der Waals surface area contributed by atoms with Crippen molar-refractivity contribution >= 4 is 40.9 Å². The second-order valence-electron chi connectivity index (χ2n) is 11.6. The number of nitrogens with one attached hydrogen (secondary N) is 4. The highest BCUT2D eigenvalue weighted by atomic mass is 16.5. The van der Waals surface area contributed by atoms with Crippen LogP contribution in [0, 0.1) is 0 Å². The number of anilines is 2. The summed E-state index contributed by atoms with van der Waals surface area (Å²) in [6.45, 7) is 4.25. The highest BCUT2D eigenvalue weighted by Crippen LogP contribution is 2.32. The molecule has 46 heavy (non-hydrogen) atoms. The predicted octanol–water partition coefficient (Wildman–Crippen LogP) is 0.478. The van der Waals surface area contributed by atoms with Gasteiger partial charge < -0.3 is 41.0 Å². The Kier molecular flexibility index (Phi) is 10.8. The van der Waals surface area contributed by atoms with Crippen LogP contribution in [0.1, 0.15) is 52.0 Å². The zero-order valence-corrected chi connectivity index (χ0v) is 25.9. The molecule has 0 spiro atoms. The van der Waals surface area contributed by atoms with Crippen molar-refractivity contribution in [3.8, 4) is 5.75 Å². The van der Waals surface area contributed by atoms with Crippen LogP contribution < -0.4 is 31.7 Å². The summed E-state index contributed by atoms with van der Waals surface area (Å²) in [5, 5.41) is 11.3. The number of amides is 5. The van der Waals surface area contributed by atoms with E-state index in [1.165, 1.54) is 12.0 Å². The number of hydrogen-bond donors (Lipinski definition) is 5. The number of imide groups is 1. The summed E-state index contributed by atoms with van der Waals surface area (Å²) in [7, 11) is 1.52. The van der Waals surface area contributed by atoms with Crippen LogP contribution in [0.3, 0.4) is 0 Å². The monoisotopic (exact) mass is 635 g/mol. The fourth-order valence-corrected chi connectivity index (χ4v) is 5.96. The number of ether oxygens (including phenoxy) is 2. The molecule has 2 fully saturated rings. The number of benzene rings is 2. The van der Waals surface area contributed by atoms with Crippen molar-refractivity contribution < 1.29 is 33.4 Å². The predicted molar refractivity (Wildman–Crippen MR) is 169 cm³/mol. The average Bonchev–Trinajstić information content (AvgIpc) is 3.38. The fraction of sp³-hybridized carbons (Fsp3) is 0.469. The summed E-state index contributed by atoms with van der Waals surface area (Å²) in [6, 6.07) is 9.50. The molecule has 3 aliphatic heterocycles. The Morgan fingerprint density at radius 1 is 1.07 bits per heavy atom. The summed E-state index contributed by atoms with van der Waals surface area (Å²) >= 11 is 0.